The monoisotopic (exact) mass is 389 g/mol. The van der Waals surface area contributed by atoms with E-state index in [2.05, 4.69) is 48.0 Å². The van der Waals surface area contributed by atoms with E-state index in [9.17, 15) is 0 Å². The summed E-state index contributed by atoms with van der Waals surface area (Å²) < 4.78 is 2.82. The normalized spacial score (nSPS) is 20.0. The average Bonchev–Trinajstić information content (AvgIpc) is 3.30. The number of thiophene rings is 1. The molecule has 0 aliphatic carbocycles. The van der Waals surface area contributed by atoms with Crippen molar-refractivity contribution in [3.63, 3.8) is 0 Å². The fourth-order valence-electron chi connectivity index (χ4n) is 3.43. The number of hydrogen-bond acceptors (Lipinski definition) is 5. The van der Waals surface area contributed by atoms with E-state index in [1.54, 1.807) is 16.2 Å². The number of nitrogens with one attached hydrogen (secondary N) is 2. The first kappa shape index (κ1) is 16.9. The third-order valence-corrected chi connectivity index (χ3v) is 6.81. The van der Waals surface area contributed by atoms with E-state index in [1.165, 1.54) is 29.8 Å². The Labute approximate surface area is 160 Å². The van der Waals surface area contributed by atoms with Crippen LogP contribution in [0.1, 0.15) is 29.3 Å². The van der Waals surface area contributed by atoms with E-state index < -0.39 is 0 Å². The summed E-state index contributed by atoms with van der Waals surface area (Å²) in [5.74, 6) is 0. The molecule has 1 aliphatic rings. The Morgan fingerprint density at radius 1 is 1.36 bits per heavy atom. The van der Waals surface area contributed by atoms with Crippen LogP contribution in [0.25, 0.3) is 0 Å². The molecule has 4 rings (SSSR count). The maximum atomic E-state index is 5.56. The van der Waals surface area contributed by atoms with Gasteiger partial charge < -0.3 is 10.2 Å². The minimum absolute atomic E-state index is 0.580. The lowest BCUT2D eigenvalue weighted by Crippen LogP contribution is -3.09. The van der Waals surface area contributed by atoms with Crippen LogP contribution in [0.15, 0.2) is 41.8 Å². The Hall–Kier alpha value is -1.54. The highest BCUT2D eigenvalue weighted by molar-refractivity contribution is 7.73. The van der Waals surface area contributed by atoms with Gasteiger partial charge in [0.1, 0.15) is 6.04 Å². The van der Waals surface area contributed by atoms with Gasteiger partial charge in [-0.3, -0.25) is 0 Å². The maximum absolute atomic E-state index is 5.56. The molecule has 130 valence electrons. The van der Waals surface area contributed by atoms with Gasteiger partial charge in [0.15, 0.2) is 10.6 Å². The molecule has 1 aromatic carbocycles. The zero-order valence-electron chi connectivity index (χ0n) is 14.1. The number of benzene rings is 1. The predicted molar refractivity (Wildman–Crippen MR) is 108 cm³/mol. The minimum Gasteiger partial charge on any atom is -0.330 e. The third kappa shape index (κ3) is 3.84. The molecule has 0 bridgehead atoms. The average molecular weight is 390 g/mol. The molecule has 3 aromatic rings. The van der Waals surface area contributed by atoms with E-state index in [0.29, 0.717) is 6.04 Å². The summed E-state index contributed by atoms with van der Waals surface area (Å²) in [5, 5.41) is 11.1. The second-order valence-electron chi connectivity index (χ2n) is 6.44. The number of quaternary nitrogens is 1. The molecule has 1 aliphatic heterocycles. The van der Waals surface area contributed by atoms with Crippen LogP contribution in [0, 0.1) is 10.9 Å². The number of anilines is 2. The molecule has 1 unspecified atom stereocenters. The summed E-state index contributed by atoms with van der Waals surface area (Å²) in [7, 11) is 0. The lowest BCUT2D eigenvalue weighted by Gasteiger charge is -2.20. The van der Waals surface area contributed by atoms with Gasteiger partial charge in [-0.15, -0.1) is 16.4 Å². The van der Waals surface area contributed by atoms with Crippen molar-refractivity contribution in [2.24, 2.45) is 0 Å². The van der Waals surface area contributed by atoms with Gasteiger partial charge in [-0.25, -0.2) is 0 Å². The molecular formula is C18H21N4S3+. The molecule has 0 radical (unpaired) electrons. The van der Waals surface area contributed by atoms with Crippen molar-refractivity contribution in [1.82, 2.24) is 9.78 Å². The molecule has 7 heteroatoms. The summed E-state index contributed by atoms with van der Waals surface area (Å²) in [6, 6.07) is 13.3. The van der Waals surface area contributed by atoms with E-state index >= 15 is 0 Å². The molecule has 3 heterocycles. The Kier molecular flexibility index (Phi) is 4.98. The summed E-state index contributed by atoms with van der Waals surface area (Å²) in [6.07, 6.45) is 2.52. The lowest BCUT2D eigenvalue weighted by atomic mass is 10.2. The van der Waals surface area contributed by atoms with E-state index in [-0.39, 0.29) is 0 Å². The van der Waals surface area contributed by atoms with Crippen molar-refractivity contribution in [2.45, 2.75) is 32.5 Å². The molecule has 0 saturated carbocycles. The summed E-state index contributed by atoms with van der Waals surface area (Å²) in [5.41, 5.74) is 2.29. The summed E-state index contributed by atoms with van der Waals surface area (Å²) >= 11 is 8.96. The van der Waals surface area contributed by atoms with Crippen LogP contribution in [0.5, 0.6) is 0 Å². The van der Waals surface area contributed by atoms with Crippen LogP contribution >= 0.6 is 34.9 Å². The highest BCUT2D eigenvalue weighted by atomic mass is 32.1. The van der Waals surface area contributed by atoms with Crippen molar-refractivity contribution in [3.05, 3.63) is 56.2 Å². The third-order valence-electron chi connectivity index (χ3n) is 4.60. The van der Waals surface area contributed by atoms with Crippen molar-refractivity contribution in [1.29, 1.82) is 0 Å². The molecular weight excluding hydrogens is 368 g/mol. The van der Waals surface area contributed by atoms with Gasteiger partial charge in [0.05, 0.1) is 11.4 Å². The minimum atomic E-state index is 0.580. The van der Waals surface area contributed by atoms with Gasteiger partial charge in [0, 0.05) is 18.5 Å². The van der Waals surface area contributed by atoms with E-state index in [1.807, 2.05) is 22.1 Å². The maximum Gasteiger partial charge on any atom is 0.209 e. The zero-order valence-corrected chi connectivity index (χ0v) is 16.5. The zero-order chi connectivity index (χ0) is 17.2. The fourth-order valence-corrected chi connectivity index (χ4v) is 5.38. The first-order chi connectivity index (χ1) is 12.2. The van der Waals surface area contributed by atoms with Crippen LogP contribution in [0.4, 0.5) is 10.8 Å². The second-order valence-corrected chi connectivity index (χ2v) is 9.05. The molecule has 0 amide bonds. The van der Waals surface area contributed by atoms with Gasteiger partial charge in [-0.1, -0.05) is 29.5 Å². The van der Waals surface area contributed by atoms with Crippen LogP contribution in [-0.4, -0.2) is 16.3 Å². The second kappa shape index (κ2) is 7.37. The highest BCUT2D eigenvalue weighted by Crippen LogP contribution is 2.24. The van der Waals surface area contributed by atoms with Gasteiger partial charge in [-0.2, -0.15) is 4.68 Å². The van der Waals surface area contributed by atoms with E-state index in [0.717, 1.165) is 21.4 Å². The topological polar surface area (TPSA) is 34.3 Å². The fraction of sp³-hybridized carbons (Fsp3) is 0.333. The smallest absolute Gasteiger partial charge is 0.209 e. The van der Waals surface area contributed by atoms with Crippen molar-refractivity contribution in [3.8, 4) is 0 Å². The largest absolute Gasteiger partial charge is 0.330 e. The summed E-state index contributed by atoms with van der Waals surface area (Å²) in [6.45, 7) is 4.11. The van der Waals surface area contributed by atoms with Crippen LogP contribution < -0.4 is 10.2 Å². The van der Waals surface area contributed by atoms with Crippen molar-refractivity contribution < 1.29 is 4.90 Å². The van der Waals surface area contributed by atoms with E-state index in [4.69, 9.17) is 17.3 Å². The molecule has 1 fully saturated rings. The van der Waals surface area contributed by atoms with Crippen LogP contribution in [0.3, 0.4) is 0 Å². The van der Waals surface area contributed by atoms with Crippen LogP contribution in [-0.2, 0) is 6.67 Å². The number of aryl methyl sites for hydroxylation is 1. The molecule has 25 heavy (non-hydrogen) atoms. The van der Waals surface area contributed by atoms with Gasteiger partial charge in [-0.05, 0) is 48.3 Å². The molecule has 1 saturated heterocycles. The predicted octanol–water partition coefficient (Wildman–Crippen LogP) is 4.17. The Bertz CT molecular complexity index is 897. The molecule has 0 spiro atoms. The number of hydrogen-bond donors (Lipinski definition) is 2. The number of aromatic nitrogens is 2. The van der Waals surface area contributed by atoms with Crippen molar-refractivity contribution >= 4 is 45.7 Å². The highest BCUT2D eigenvalue weighted by Gasteiger charge is 2.31. The molecule has 2 N–H and O–H groups in total. The SMILES string of the molecule is Cc1cccc(Nc2nn(C[NH+]3CCC[C@H]3c3cccs3)c(=S)s2)c1. The van der Waals surface area contributed by atoms with Gasteiger partial charge in [0.2, 0.25) is 5.13 Å². The Balaban J connectivity index is 1.50. The molecule has 2 atom stereocenters. The number of nitrogens with zero attached hydrogens (tertiary/aromatic N) is 2. The standard InChI is InChI=1S/C18H20N4S3/c1-13-5-2-6-14(11-13)19-17-20-22(18(23)25-17)12-21-9-3-7-15(21)16-8-4-10-24-16/h2,4-6,8,10-11,15H,3,7,9,12H2,1H3,(H,19,20)/p+1/t15-/m0/s1. The number of likely N-dealkylation sites (tertiary alicyclic amines) is 1. The molecule has 4 nitrogen and oxygen atoms in total. The lowest BCUT2D eigenvalue weighted by molar-refractivity contribution is -0.941. The van der Waals surface area contributed by atoms with Crippen LogP contribution in [0.2, 0.25) is 0 Å². The Morgan fingerprint density at radius 2 is 2.28 bits per heavy atom. The first-order valence-electron chi connectivity index (χ1n) is 8.49. The summed E-state index contributed by atoms with van der Waals surface area (Å²) in [4.78, 5) is 3.04. The van der Waals surface area contributed by atoms with Gasteiger partial charge >= 0.3 is 0 Å². The first-order valence-corrected chi connectivity index (χ1v) is 10.6. The van der Waals surface area contributed by atoms with Crippen molar-refractivity contribution in [2.75, 3.05) is 11.9 Å². The quantitative estimate of drug-likeness (QED) is 0.643. The Morgan fingerprint density at radius 3 is 3.08 bits per heavy atom. The van der Waals surface area contributed by atoms with Gasteiger partial charge in [0.25, 0.3) is 0 Å². The molecule has 2 aromatic heterocycles. The number of rotatable bonds is 5.